The summed E-state index contributed by atoms with van der Waals surface area (Å²) in [5.74, 6) is -1.04. The van der Waals surface area contributed by atoms with E-state index in [1.165, 1.54) is 30.7 Å². The summed E-state index contributed by atoms with van der Waals surface area (Å²) >= 11 is 5.81. The zero-order chi connectivity index (χ0) is 17.7. The van der Waals surface area contributed by atoms with Crippen LogP contribution in [0.5, 0.6) is 0 Å². The van der Waals surface area contributed by atoms with Gasteiger partial charge in [0, 0.05) is 5.69 Å². The Bertz CT molecular complexity index is 744. The number of anilines is 2. The number of esters is 1. The van der Waals surface area contributed by atoms with Crippen molar-refractivity contribution < 1.29 is 14.3 Å². The number of hydrogen-bond acceptors (Lipinski definition) is 4. The van der Waals surface area contributed by atoms with E-state index in [1.807, 2.05) is 24.3 Å². The fourth-order valence-corrected chi connectivity index (χ4v) is 2.14. The molecule has 0 aliphatic carbocycles. The van der Waals surface area contributed by atoms with E-state index in [0.717, 1.165) is 6.42 Å². The lowest BCUT2D eigenvalue weighted by molar-refractivity contribution is -0.123. The van der Waals surface area contributed by atoms with Gasteiger partial charge in [-0.1, -0.05) is 30.7 Å². The van der Waals surface area contributed by atoms with Gasteiger partial charge in [0.2, 0.25) is 0 Å². The molecule has 0 aliphatic rings. The van der Waals surface area contributed by atoms with Crippen molar-refractivity contribution in [3.05, 3.63) is 58.6 Å². The number of carbonyl (C=O) groups excluding carboxylic acids is 2. The van der Waals surface area contributed by atoms with Crippen LogP contribution < -0.4 is 11.1 Å². The van der Waals surface area contributed by atoms with Crippen molar-refractivity contribution in [1.29, 1.82) is 0 Å². The van der Waals surface area contributed by atoms with Gasteiger partial charge in [0.25, 0.3) is 5.91 Å². The molecule has 0 unspecified atom stereocenters. The number of nitrogens with two attached hydrogens (primary N) is 1. The van der Waals surface area contributed by atoms with Crippen LogP contribution in [0.3, 0.4) is 0 Å². The molecule has 0 saturated heterocycles. The first-order chi connectivity index (χ1) is 11.4. The SMILES string of the molecule is CCc1ccc(NC(=O)[C@@H](C)OC(=O)c2ccc(Cl)c(N)c2)cc1. The summed E-state index contributed by atoms with van der Waals surface area (Å²) in [6, 6.07) is 11.9. The highest BCUT2D eigenvalue weighted by Crippen LogP contribution is 2.20. The minimum Gasteiger partial charge on any atom is -0.449 e. The van der Waals surface area contributed by atoms with Crippen LogP contribution in [0.25, 0.3) is 0 Å². The molecule has 0 fully saturated rings. The topological polar surface area (TPSA) is 81.4 Å². The lowest BCUT2D eigenvalue weighted by Gasteiger charge is -2.14. The number of halogens is 1. The van der Waals surface area contributed by atoms with Gasteiger partial charge >= 0.3 is 5.97 Å². The molecule has 126 valence electrons. The highest BCUT2D eigenvalue weighted by molar-refractivity contribution is 6.33. The smallest absolute Gasteiger partial charge is 0.338 e. The molecule has 0 heterocycles. The van der Waals surface area contributed by atoms with E-state index in [0.29, 0.717) is 10.7 Å². The third-order valence-corrected chi connectivity index (χ3v) is 3.86. The van der Waals surface area contributed by atoms with Crippen molar-refractivity contribution in [3.63, 3.8) is 0 Å². The summed E-state index contributed by atoms with van der Waals surface area (Å²) in [7, 11) is 0. The van der Waals surface area contributed by atoms with Crippen LogP contribution in [-0.2, 0) is 16.0 Å². The predicted octanol–water partition coefficient (Wildman–Crippen LogP) is 3.67. The summed E-state index contributed by atoms with van der Waals surface area (Å²) in [6.07, 6.45) is -0.0211. The lowest BCUT2D eigenvalue weighted by atomic mass is 10.1. The third kappa shape index (κ3) is 4.49. The van der Waals surface area contributed by atoms with Crippen LogP contribution in [0.4, 0.5) is 11.4 Å². The van der Waals surface area contributed by atoms with Crippen LogP contribution in [0.15, 0.2) is 42.5 Å². The van der Waals surface area contributed by atoms with Crippen LogP contribution in [0, 0.1) is 0 Å². The van der Waals surface area contributed by atoms with Crippen molar-refractivity contribution in [1.82, 2.24) is 0 Å². The van der Waals surface area contributed by atoms with Gasteiger partial charge in [-0.15, -0.1) is 0 Å². The average Bonchev–Trinajstić information content (AvgIpc) is 2.57. The van der Waals surface area contributed by atoms with Gasteiger partial charge in [-0.3, -0.25) is 4.79 Å². The maximum absolute atomic E-state index is 12.1. The highest BCUT2D eigenvalue weighted by Gasteiger charge is 2.19. The van der Waals surface area contributed by atoms with E-state index in [-0.39, 0.29) is 11.3 Å². The number of ether oxygens (including phenoxy) is 1. The van der Waals surface area contributed by atoms with E-state index < -0.39 is 18.0 Å². The molecule has 3 N–H and O–H groups in total. The Morgan fingerprint density at radius 1 is 1.21 bits per heavy atom. The normalized spacial score (nSPS) is 11.6. The van der Waals surface area contributed by atoms with Crippen LogP contribution in [-0.4, -0.2) is 18.0 Å². The van der Waals surface area contributed by atoms with Crippen molar-refractivity contribution in [2.45, 2.75) is 26.4 Å². The molecular formula is C18H19ClN2O3. The first-order valence-electron chi connectivity index (χ1n) is 7.56. The molecular weight excluding hydrogens is 328 g/mol. The predicted molar refractivity (Wildman–Crippen MR) is 95.2 cm³/mol. The van der Waals surface area contributed by atoms with E-state index >= 15 is 0 Å². The number of nitrogens with one attached hydrogen (secondary N) is 1. The Hall–Kier alpha value is -2.53. The first-order valence-corrected chi connectivity index (χ1v) is 7.94. The van der Waals surface area contributed by atoms with Crippen molar-refractivity contribution >= 4 is 34.9 Å². The summed E-state index contributed by atoms with van der Waals surface area (Å²) in [5, 5.41) is 3.06. The molecule has 6 heteroatoms. The quantitative estimate of drug-likeness (QED) is 0.639. The van der Waals surface area contributed by atoms with Crippen molar-refractivity contribution in [2.24, 2.45) is 0 Å². The van der Waals surface area contributed by atoms with Crippen molar-refractivity contribution in [3.8, 4) is 0 Å². The molecule has 1 amide bonds. The number of aryl methyl sites for hydroxylation is 1. The van der Waals surface area contributed by atoms with Crippen molar-refractivity contribution in [2.75, 3.05) is 11.1 Å². The molecule has 0 spiro atoms. The Morgan fingerprint density at radius 2 is 1.88 bits per heavy atom. The minimum absolute atomic E-state index is 0.240. The molecule has 2 rings (SSSR count). The maximum atomic E-state index is 12.1. The lowest BCUT2D eigenvalue weighted by Crippen LogP contribution is -2.30. The first kappa shape index (κ1) is 17.8. The molecule has 2 aromatic carbocycles. The van der Waals surface area contributed by atoms with E-state index in [1.54, 1.807) is 0 Å². The summed E-state index contributed by atoms with van der Waals surface area (Å²) in [4.78, 5) is 24.2. The third-order valence-electron chi connectivity index (χ3n) is 3.51. The number of rotatable bonds is 5. The zero-order valence-corrected chi connectivity index (χ0v) is 14.3. The molecule has 1 atom stereocenters. The molecule has 0 aliphatic heterocycles. The number of hydrogen-bond donors (Lipinski definition) is 2. The Morgan fingerprint density at radius 3 is 2.46 bits per heavy atom. The summed E-state index contributed by atoms with van der Waals surface area (Å²) < 4.78 is 5.16. The van der Waals surface area contributed by atoms with Crippen LogP contribution in [0.1, 0.15) is 29.8 Å². The monoisotopic (exact) mass is 346 g/mol. The number of benzene rings is 2. The van der Waals surface area contributed by atoms with Gasteiger partial charge in [0.15, 0.2) is 6.10 Å². The van der Waals surface area contributed by atoms with Crippen LogP contribution >= 0.6 is 11.6 Å². The Kier molecular flexibility index (Phi) is 5.82. The largest absolute Gasteiger partial charge is 0.449 e. The van der Waals surface area contributed by atoms with Gasteiger partial charge in [0.05, 0.1) is 16.3 Å². The van der Waals surface area contributed by atoms with Gasteiger partial charge in [-0.05, 0) is 49.2 Å². The molecule has 0 aromatic heterocycles. The van der Waals surface area contributed by atoms with Crippen LogP contribution in [0.2, 0.25) is 5.02 Å². The molecule has 0 radical (unpaired) electrons. The zero-order valence-electron chi connectivity index (χ0n) is 13.5. The highest BCUT2D eigenvalue weighted by atomic mass is 35.5. The molecule has 5 nitrogen and oxygen atoms in total. The summed E-state index contributed by atoms with van der Waals surface area (Å²) in [5.41, 5.74) is 8.00. The van der Waals surface area contributed by atoms with Gasteiger partial charge in [-0.2, -0.15) is 0 Å². The van der Waals surface area contributed by atoms with Gasteiger partial charge in [-0.25, -0.2) is 4.79 Å². The fourth-order valence-electron chi connectivity index (χ4n) is 2.02. The van der Waals surface area contributed by atoms with Gasteiger partial charge in [0.1, 0.15) is 0 Å². The molecule has 24 heavy (non-hydrogen) atoms. The second-order valence-corrected chi connectivity index (χ2v) is 5.73. The number of nitrogen functional groups attached to an aromatic ring is 1. The summed E-state index contributed by atoms with van der Waals surface area (Å²) in [6.45, 7) is 3.56. The van der Waals surface area contributed by atoms with E-state index in [2.05, 4.69) is 12.2 Å². The second-order valence-electron chi connectivity index (χ2n) is 5.32. The average molecular weight is 347 g/mol. The van der Waals surface area contributed by atoms with Gasteiger partial charge < -0.3 is 15.8 Å². The number of carbonyl (C=O) groups is 2. The Labute approximate surface area is 145 Å². The molecule has 2 aromatic rings. The van der Waals surface area contributed by atoms with E-state index in [4.69, 9.17) is 22.1 Å². The fraction of sp³-hybridized carbons (Fsp3) is 0.222. The number of amides is 1. The maximum Gasteiger partial charge on any atom is 0.338 e. The van der Waals surface area contributed by atoms with E-state index in [9.17, 15) is 9.59 Å². The molecule has 0 bridgehead atoms. The molecule has 0 saturated carbocycles. The second kappa shape index (κ2) is 7.84. The minimum atomic E-state index is -0.944. The Balaban J connectivity index is 1.97. The standard InChI is InChI=1S/C18H19ClN2O3/c1-3-12-4-7-14(8-5-12)21-17(22)11(2)24-18(23)13-6-9-15(19)16(20)10-13/h4-11H,3,20H2,1-2H3,(H,21,22)/t11-/m1/s1.